The molecule has 7 nitrogen and oxygen atoms in total. The Hall–Kier alpha value is -3.23. The van der Waals surface area contributed by atoms with Gasteiger partial charge < -0.3 is 15.1 Å². The number of rotatable bonds is 6. The van der Waals surface area contributed by atoms with Gasteiger partial charge in [0.25, 0.3) is 5.91 Å². The lowest BCUT2D eigenvalue weighted by Gasteiger charge is -2.36. The van der Waals surface area contributed by atoms with Crippen LogP contribution in [0.5, 0.6) is 0 Å². The van der Waals surface area contributed by atoms with Crippen LogP contribution in [0, 0.1) is 0 Å². The van der Waals surface area contributed by atoms with Gasteiger partial charge in [-0.1, -0.05) is 25.1 Å². The number of carbonyl (C=O) groups is 1. The molecule has 8 heteroatoms. The molecular formula is C26H30N6OS. The fourth-order valence-corrected chi connectivity index (χ4v) is 5.17. The average Bonchev–Trinajstić information content (AvgIpc) is 3.54. The third-order valence-electron chi connectivity index (χ3n) is 6.39. The van der Waals surface area contributed by atoms with Gasteiger partial charge in [-0.25, -0.2) is 9.67 Å². The van der Waals surface area contributed by atoms with Crippen LogP contribution in [0.1, 0.15) is 37.2 Å². The van der Waals surface area contributed by atoms with E-state index in [9.17, 15) is 4.79 Å². The van der Waals surface area contributed by atoms with Crippen molar-refractivity contribution in [2.45, 2.75) is 26.8 Å². The van der Waals surface area contributed by atoms with Gasteiger partial charge >= 0.3 is 0 Å². The first-order valence-electron chi connectivity index (χ1n) is 11.8. The average molecular weight is 475 g/mol. The first-order valence-corrected chi connectivity index (χ1v) is 12.7. The summed E-state index contributed by atoms with van der Waals surface area (Å²) in [4.78, 5) is 24.4. The van der Waals surface area contributed by atoms with Crippen LogP contribution in [-0.2, 0) is 0 Å². The van der Waals surface area contributed by atoms with Gasteiger partial charge in [0.1, 0.15) is 0 Å². The SMILES string of the molecule is CCN1CCN(c2ccccc2NC(=O)c2cc(-c3cccs3)nc3c2cnn3C(C)C)CC1. The zero-order valence-corrected chi connectivity index (χ0v) is 20.7. The van der Waals surface area contributed by atoms with Crippen LogP contribution in [0.15, 0.2) is 54.0 Å². The van der Waals surface area contributed by atoms with Crippen LogP contribution in [0.25, 0.3) is 21.6 Å². The number of benzene rings is 1. The lowest BCUT2D eigenvalue weighted by molar-refractivity contribution is 0.102. The highest BCUT2D eigenvalue weighted by Gasteiger charge is 2.22. The number of nitrogens with zero attached hydrogens (tertiary/aromatic N) is 5. The summed E-state index contributed by atoms with van der Waals surface area (Å²) in [6.07, 6.45) is 1.76. The van der Waals surface area contributed by atoms with E-state index in [4.69, 9.17) is 4.98 Å². The molecule has 1 N–H and O–H groups in total. The summed E-state index contributed by atoms with van der Waals surface area (Å²) in [6, 6.07) is 14.1. The molecule has 4 heterocycles. The van der Waals surface area contributed by atoms with Crippen molar-refractivity contribution in [1.82, 2.24) is 19.7 Å². The maximum Gasteiger partial charge on any atom is 0.256 e. The van der Waals surface area contributed by atoms with E-state index in [-0.39, 0.29) is 11.9 Å². The molecule has 0 unspecified atom stereocenters. The second-order valence-electron chi connectivity index (χ2n) is 8.85. The Morgan fingerprint density at radius 2 is 1.91 bits per heavy atom. The Labute approximate surface area is 204 Å². The Morgan fingerprint density at radius 1 is 1.12 bits per heavy atom. The highest BCUT2D eigenvalue weighted by Crippen LogP contribution is 2.31. The molecule has 0 bridgehead atoms. The molecule has 1 saturated heterocycles. The number of hydrogen-bond donors (Lipinski definition) is 1. The van der Waals surface area contributed by atoms with E-state index >= 15 is 0 Å². The highest BCUT2D eigenvalue weighted by molar-refractivity contribution is 7.13. The van der Waals surface area contributed by atoms with Gasteiger partial charge in [0.15, 0.2) is 5.65 Å². The van der Waals surface area contributed by atoms with Crippen molar-refractivity contribution in [2.24, 2.45) is 0 Å². The molecule has 1 aliphatic rings. The Morgan fingerprint density at radius 3 is 2.62 bits per heavy atom. The van der Waals surface area contributed by atoms with Crippen molar-refractivity contribution in [3.63, 3.8) is 0 Å². The monoisotopic (exact) mass is 474 g/mol. The van der Waals surface area contributed by atoms with Gasteiger partial charge in [0.2, 0.25) is 0 Å². The molecule has 34 heavy (non-hydrogen) atoms. The molecule has 176 valence electrons. The van der Waals surface area contributed by atoms with Gasteiger partial charge in [-0.05, 0) is 50.0 Å². The standard InChI is InChI=1S/C26H30N6OS/c1-4-30-11-13-31(14-12-30)23-9-6-5-8-21(23)29-26(33)19-16-22(24-10-7-15-34-24)28-25-20(19)17-27-32(25)18(2)3/h5-10,15-18H,4,11-14H2,1-3H3,(H,29,33). The van der Waals surface area contributed by atoms with E-state index in [1.54, 1.807) is 17.5 Å². The predicted octanol–water partition coefficient (Wildman–Crippen LogP) is 5.13. The molecule has 3 aromatic heterocycles. The van der Waals surface area contributed by atoms with Crippen molar-refractivity contribution in [3.05, 3.63) is 59.6 Å². The fraction of sp³-hybridized carbons (Fsp3) is 0.346. The molecule has 1 amide bonds. The number of piperazine rings is 1. The summed E-state index contributed by atoms with van der Waals surface area (Å²) in [5.41, 5.74) is 4.00. The smallest absolute Gasteiger partial charge is 0.256 e. The number of nitrogens with one attached hydrogen (secondary N) is 1. The van der Waals surface area contributed by atoms with Crippen LogP contribution >= 0.6 is 11.3 Å². The third kappa shape index (κ3) is 4.31. The number of thiophene rings is 1. The number of pyridine rings is 1. The minimum atomic E-state index is -0.145. The van der Waals surface area contributed by atoms with Gasteiger partial charge in [0.05, 0.1) is 39.1 Å². The van der Waals surface area contributed by atoms with Gasteiger partial charge in [0, 0.05) is 32.2 Å². The molecule has 0 radical (unpaired) electrons. The van der Waals surface area contributed by atoms with Crippen LogP contribution in [0.2, 0.25) is 0 Å². The van der Waals surface area contributed by atoms with Crippen LogP contribution in [0.4, 0.5) is 11.4 Å². The van der Waals surface area contributed by atoms with Crippen LogP contribution in [0.3, 0.4) is 0 Å². The predicted molar refractivity (Wildman–Crippen MR) is 140 cm³/mol. The second kappa shape index (κ2) is 9.56. The second-order valence-corrected chi connectivity index (χ2v) is 9.79. The summed E-state index contributed by atoms with van der Waals surface area (Å²) >= 11 is 1.61. The number of amides is 1. The lowest BCUT2D eigenvalue weighted by atomic mass is 10.1. The number of likely N-dealkylation sites (N-methyl/N-ethyl adjacent to an activating group) is 1. The third-order valence-corrected chi connectivity index (χ3v) is 7.28. The molecule has 5 rings (SSSR count). The summed E-state index contributed by atoms with van der Waals surface area (Å²) in [5.74, 6) is -0.145. The van der Waals surface area contributed by atoms with Gasteiger partial charge in [-0.2, -0.15) is 5.10 Å². The molecule has 4 aromatic rings. The Balaban J connectivity index is 1.50. The molecule has 1 aromatic carbocycles. The molecule has 0 saturated carbocycles. The van der Waals surface area contributed by atoms with Crippen molar-refractivity contribution in [1.29, 1.82) is 0 Å². The topological polar surface area (TPSA) is 66.3 Å². The van der Waals surface area contributed by atoms with E-state index in [1.165, 1.54) is 0 Å². The molecular weight excluding hydrogens is 444 g/mol. The Kier molecular flexibility index (Phi) is 6.34. The molecule has 0 aliphatic carbocycles. The van der Waals surface area contributed by atoms with E-state index in [2.05, 4.69) is 47.1 Å². The largest absolute Gasteiger partial charge is 0.367 e. The van der Waals surface area contributed by atoms with Crippen molar-refractivity contribution in [2.75, 3.05) is 42.9 Å². The zero-order chi connectivity index (χ0) is 23.7. The molecule has 1 aliphatic heterocycles. The molecule has 0 spiro atoms. The molecule has 1 fully saturated rings. The van der Waals surface area contributed by atoms with Gasteiger partial charge in [-0.15, -0.1) is 11.3 Å². The van der Waals surface area contributed by atoms with E-state index < -0.39 is 0 Å². The zero-order valence-electron chi connectivity index (χ0n) is 19.9. The van der Waals surface area contributed by atoms with Gasteiger partial charge in [-0.3, -0.25) is 4.79 Å². The van der Waals surface area contributed by atoms with Crippen molar-refractivity contribution >= 4 is 39.7 Å². The van der Waals surface area contributed by atoms with Crippen LogP contribution in [-0.4, -0.2) is 58.3 Å². The number of anilines is 2. The summed E-state index contributed by atoms with van der Waals surface area (Å²) in [5, 5.41) is 10.5. The first kappa shape index (κ1) is 22.6. The minimum absolute atomic E-state index is 0.141. The lowest BCUT2D eigenvalue weighted by Crippen LogP contribution is -2.46. The summed E-state index contributed by atoms with van der Waals surface area (Å²) < 4.78 is 1.88. The van der Waals surface area contributed by atoms with Crippen molar-refractivity contribution < 1.29 is 4.79 Å². The van der Waals surface area contributed by atoms with Crippen LogP contribution < -0.4 is 10.2 Å². The number of hydrogen-bond acceptors (Lipinski definition) is 6. The van der Waals surface area contributed by atoms with E-state index in [1.807, 2.05) is 46.5 Å². The normalized spacial score (nSPS) is 14.8. The fourth-order valence-electron chi connectivity index (χ4n) is 4.48. The number of para-hydroxylation sites is 2. The maximum absolute atomic E-state index is 13.7. The summed E-state index contributed by atoms with van der Waals surface area (Å²) in [7, 11) is 0. The Bertz CT molecular complexity index is 1290. The molecule has 0 atom stereocenters. The van der Waals surface area contributed by atoms with E-state index in [0.29, 0.717) is 5.56 Å². The quantitative estimate of drug-likeness (QED) is 0.419. The van der Waals surface area contributed by atoms with Crippen molar-refractivity contribution in [3.8, 4) is 10.6 Å². The summed E-state index contributed by atoms with van der Waals surface area (Å²) in [6.45, 7) is 11.4. The highest BCUT2D eigenvalue weighted by atomic mass is 32.1. The first-order chi connectivity index (χ1) is 16.5. The number of carbonyl (C=O) groups excluding carboxylic acids is 1. The minimum Gasteiger partial charge on any atom is -0.367 e. The number of fused-ring (bicyclic) bond motifs is 1. The number of aromatic nitrogens is 3. The van der Waals surface area contributed by atoms with E-state index in [0.717, 1.165) is 65.7 Å². The maximum atomic E-state index is 13.7.